The molecule has 0 unspecified atom stereocenters. The average molecular weight is 813 g/mol. The first-order chi connectivity index (χ1) is 25.9. The van der Waals surface area contributed by atoms with Crippen molar-refractivity contribution in [2.75, 3.05) is 11.5 Å². The van der Waals surface area contributed by atoms with E-state index < -0.39 is 16.6 Å². The van der Waals surface area contributed by atoms with Gasteiger partial charge in [-0.2, -0.15) is 0 Å². The Labute approximate surface area is 343 Å². The summed E-state index contributed by atoms with van der Waals surface area (Å²) in [6.07, 6.45) is 14.2. The van der Waals surface area contributed by atoms with Gasteiger partial charge in [0, 0.05) is 12.5 Å². The maximum absolute atomic E-state index is 14.8. The summed E-state index contributed by atoms with van der Waals surface area (Å²) >= 11 is 3.93. The molecule has 0 bridgehead atoms. The third kappa shape index (κ3) is 10.2. The molecule has 0 spiro atoms. The Hall–Kier alpha value is -2.92. The van der Waals surface area contributed by atoms with Gasteiger partial charge in [0.25, 0.3) is 8.32 Å². The van der Waals surface area contributed by atoms with E-state index >= 15 is 0 Å². The Bertz CT molecular complexity index is 1780. The van der Waals surface area contributed by atoms with Gasteiger partial charge < -0.3 is 13.6 Å². The first-order valence-corrected chi connectivity index (χ1v) is 26.8. The van der Waals surface area contributed by atoms with Gasteiger partial charge in [0.2, 0.25) is 0 Å². The fourth-order valence-corrected chi connectivity index (χ4v) is 16.0. The minimum Gasteiger partial charge on any atom is -0.543 e. The summed E-state index contributed by atoms with van der Waals surface area (Å²) in [5.41, 5.74) is 1.44. The number of esters is 1. The second kappa shape index (κ2) is 17.7. The molecule has 2 aliphatic rings. The lowest BCUT2D eigenvalue weighted by atomic mass is 10.00. The zero-order chi connectivity index (χ0) is 40.1. The molecule has 8 heteroatoms. The number of allylic oxidation sites excluding steroid dienone is 4. The van der Waals surface area contributed by atoms with E-state index in [1.165, 1.54) is 10.4 Å². The molecule has 2 fully saturated rings. The van der Waals surface area contributed by atoms with Crippen LogP contribution in [0.25, 0.3) is 0 Å². The van der Waals surface area contributed by atoms with Crippen LogP contribution in [0.15, 0.2) is 110 Å². The van der Waals surface area contributed by atoms with Gasteiger partial charge in [-0.25, -0.2) is 4.79 Å². The van der Waals surface area contributed by atoms with Crippen LogP contribution in [0.4, 0.5) is 0 Å². The molecule has 1 saturated carbocycles. The molecule has 1 saturated heterocycles. The minimum atomic E-state index is -3.02. The van der Waals surface area contributed by atoms with Crippen LogP contribution in [0, 0.1) is 11.8 Å². The number of carbonyl (C=O) groups excluding carboxylic acids is 1. The smallest absolute Gasteiger partial charge is 0.342 e. The van der Waals surface area contributed by atoms with Crippen molar-refractivity contribution in [1.29, 1.82) is 0 Å². The van der Waals surface area contributed by atoms with Crippen LogP contribution in [-0.4, -0.2) is 44.3 Å². The van der Waals surface area contributed by atoms with Crippen molar-refractivity contribution in [2.45, 2.75) is 114 Å². The van der Waals surface area contributed by atoms with Crippen molar-refractivity contribution in [3.63, 3.8) is 0 Å². The Morgan fingerprint density at radius 1 is 0.909 bits per heavy atom. The summed E-state index contributed by atoms with van der Waals surface area (Å²) in [7, 11) is -5.48. The third-order valence-corrected chi connectivity index (χ3v) is 24.0. The molecule has 4 nitrogen and oxygen atoms in total. The number of carbonyl (C=O) groups is 1. The van der Waals surface area contributed by atoms with E-state index in [1.54, 1.807) is 0 Å². The van der Waals surface area contributed by atoms with E-state index in [2.05, 4.69) is 152 Å². The average Bonchev–Trinajstić information content (AvgIpc) is 3.88. The molecule has 0 amide bonds. The zero-order valence-electron chi connectivity index (χ0n) is 34.9. The molecule has 55 heavy (non-hydrogen) atoms. The lowest BCUT2D eigenvalue weighted by Crippen LogP contribution is -2.68. The maximum Gasteiger partial charge on any atom is 0.342 e. The monoisotopic (exact) mass is 812 g/mol. The molecule has 5 rings (SSSR count). The lowest BCUT2D eigenvalue weighted by molar-refractivity contribution is 0.0308. The molecular weight excluding hydrogens is 749 g/mol. The second-order valence-electron chi connectivity index (χ2n) is 17.9. The van der Waals surface area contributed by atoms with E-state index in [4.69, 9.17) is 13.6 Å². The Balaban J connectivity index is 1.76. The number of hydrogen-bond donors (Lipinski definition) is 0. The van der Waals surface area contributed by atoms with Crippen molar-refractivity contribution in [3.8, 4) is 11.5 Å². The quantitative estimate of drug-likeness (QED) is 0.0659. The van der Waals surface area contributed by atoms with Crippen LogP contribution < -0.4 is 19.2 Å². The SMILES string of the molecule is C=C[C@H]1C[C@@H]1C[C@@H](C)OC(=O)c1c(CC2(/C=C/C=C/C)SCCCS2)cc(O[Si](c2ccccc2)(c2ccccc2)C(C)(C)C)cc1O[Si](C)(C)C(C)(C)C. The van der Waals surface area contributed by atoms with E-state index in [0.29, 0.717) is 29.6 Å². The van der Waals surface area contributed by atoms with Crippen molar-refractivity contribution >= 4 is 56.5 Å². The molecule has 3 atom stereocenters. The molecule has 0 N–H and O–H groups in total. The van der Waals surface area contributed by atoms with Crippen molar-refractivity contribution in [1.82, 2.24) is 0 Å². The molecule has 1 aliphatic heterocycles. The molecule has 296 valence electrons. The van der Waals surface area contributed by atoms with Gasteiger partial charge in [0.05, 0.1) is 10.2 Å². The Kier molecular flexibility index (Phi) is 13.9. The van der Waals surface area contributed by atoms with Gasteiger partial charge in [0.1, 0.15) is 17.1 Å². The third-order valence-electron chi connectivity index (χ3n) is 11.5. The normalized spacial score (nSPS) is 19.6. The molecule has 0 aromatic heterocycles. The van der Waals surface area contributed by atoms with E-state index in [1.807, 2.05) is 49.5 Å². The predicted molar refractivity (Wildman–Crippen MR) is 244 cm³/mol. The number of ether oxygens (including phenoxy) is 1. The Morgan fingerprint density at radius 2 is 1.51 bits per heavy atom. The highest BCUT2D eigenvalue weighted by Gasteiger charge is 2.52. The van der Waals surface area contributed by atoms with Gasteiger partial charge >= 0.3 is 14.3 Å². The van der Waals surface area contributed by atoms with Gasteiger partial charge in [-0.1, -0.05) is 133 Å². The number of rotatable bonds is 15. The summed E-state index contributed by atoms with van der Waals surface area (Å²) in [5.74, 6) is 4.12. The van der Waals surface area contributed by atoms with Gasteiger partial charge in [-0.3, -0.25) is 0 Å². The Morgan fingerprint density at radius 3 is 2.02 bits per heavy atom. The lowest BCUT2D eigenvalue weighted by Gasteiger charge is -2.43. The van der Waals surface area contributed by atoms with E-state index in [-0.39, 0.29) is 26.2 Å². The summed E-state index contributed by atoms with van der Waals surface area (Å²) < 4.78 is 21.1. The summed E-state index contributed by atoms with van der Waals surface area (Å²) in [4.78, 5) is 14.8. The minimum absolute atomic E-state index is 0.103. The first-order valence-electron chi connectivity index (χ1n) is 20.0. The van der Waals surface area contributed by atoms with Crippen LogP contribution in [0.5, 0.6) is 11.5 Å². The van der Waals surface area contributed by atoms with Gasteiger partial charge in [0.15, 0.2) is 0 Å². The van der Waals surface area contributed by atoms with Gasteiger partial charge in [-0.05, 0) is 102 Å². The first kappa shape index (κ1) is 43.2. The maximum atomic E-state index is 14.8. The van der Waals surface area contributed by atoms with Crippen LogP contribution in [-0.2, 0) is 11.2 Å². The molecule has 3 aromatic carbocycles. The van der Waals surface area contributed by atoms with Crippen LogP contribution in [0.1, 0.15) is 90.6 Å². The van der Waals surface area contributed by atoms with Gasteiger partial charge in [-0.15, -0.1) is 30.1 Å². The fourth-order valence-electron chi connectivity index (χ4n) is 7.38. The topological polar surface area (TPSA) is 44.8 Å². The van der Waals surface area contributed by atoms with Crippen molar-refractivity contribution in [2.24, 2.45) is 11.8 Å². The standard InChI is InChI=1S/C47H64O4S2Si2/c1-12-14-21-27-47(52-28-22-29-53-47)34-38-32-39(50-55(46(7,8)9,40-23-17-15-18-24-40)41-25-19-16-20-26-41)33-42(51-54(10,11)45(4,5)6)43(38)44(48)49-35(3)30-37-31-36(37)13-2/h12-21,23-27,32-33,35-37H,2,22,28-31,34H2,1,3-11H3/b14-12+,27-21+/t35-,36+,37+/m1/s1. The molecule has 1 heterocycles. The molecule has 0 radical (unpaired) electrons. The molecule has 3 aromatic rings. The zero-order valence-corrected chi connectivity index (χ0v) is 38.6. The number of benzene rings is 3. The van der Waals surface area contributed by atoms with E-state index in [0.717, 1.165) is 42.1 Å². The highest BCUT2D eigenvalue weighted by Crippen LogP contribution is 2.49. The fraction of sp³-hybridized carbons (Fsp3) is 0.468. The largest absolute Gasteiger partial charge is 0.543 e. The summed E-state index contributed by atoms with van der Waals surface area (Å²) in [6, 6.07) is 25.7. The van der Waals surface area contributed by atoms with Crippen molar-refractivity contribution in [3.05, 3.63) is 121 Å². The number of thioether (sulfide) groups is 2. The predicted octanol–water partition coefficient (Wildman–Crippen LogP) is 12.0. The van der Waals surface area contributed by atoms with Crippen LogP contribution in [0.2, 0.25) is 23.2 Å². The molecular formula is C47H64O4S2Si2. The second-order valence-corrected chi connectivity index (χ2v) is 29.9. The highest BCUT2D eigenvalue weighted by molar-refractivity contribution is 8.19. The summed E-state index contributed by atoms with van der Waals surface area (Å²) in [5, 5.41) is 2.04. The van der Waals surface area contributed by atoms with Crippen molar-refractivity contribution < 1.29 is 18.4 Å². The van der Waals surface area contributed by atoms with E-state index in [9.17, 15) is 4.79 Å². The molecule has 1 aliphatic carbocycles. The highest BCUT2D eigenvalue weighted by atomic mass is 32.2. The summed E-state index contributed by atoms with van der Waals surface area (Å²) in [6.45, 7) is 26.2. The number of hydrogen-bond acceptors (Lipinski definition) is 6. The van der Waals surface area contributed by atoms with Crippen LogP contribution >= 0.6 is 23.5 Å². The van der Waals surface area contributed by atoms with Crippen LogP contribution in [0.3, 0.4) is 0 Å².